The SMILES string of the molecule is CCCN(CC(F)(F)F)C(=O)C1CSCCN1. The molecule has 0 saturated carbocycles. The van der Waals surface area contributed by atoms with E-state index in [2.05, 4.69) is 5.32 Å². The number of rotatable bonds is 4. The fourth-order valence-electron chi connectivity index (χ4n) is 1.70. The van der Waals surface area contributed by atoms with Crippen LogP contribution in [0.15, 0.2) is 0 Å². The number of nitrogens with one attached hydrogen (secondary N) is 1. The lowest BCUT2D eigenvalue weighted by atomic mass is 10.2. The number of nitrogens with zero attached hydrogens (tertiary/aromatic N) is 1. The normalized spacial score (nSPS) is 21.3. The molecule has 7 heteroatoms. The number of hydrogen-bond donors (Lipinski definition) is 1. The van der Waals surface area contributed by atoms with Crippen LogP contribution in [0.5, 0.6) is 0 Å². The number of thioether (sulfide) groups is 1. The van der Waals surface area contributed by atoms with Gasteiger partial charge in [-0.1, -0.05) is 6.92 Å². The van der Waals surface area contributed by atoms with Crippen LogP contribution in [0.2, 0.25) is 0 Å². The van der Waals surface area contributed by atoms with E-state index >= 15 is 0 Å². The van der Waals surface area contributed by atoms with Crippen molar-refractivity contribution in [1.29, 1.82) is 0 Å². The molecule has 1 aliphatic rings. The average molecular weight is 270 g/mol. The van der Waals surface area contributed by atoms with Crippen molar-refractivity contribution in [2.75, 3.05) is 31.1 Å². The van der Waals surface area contributed by atoms with Crippen LogP contribution in [0.25, 0.3) is 0 Å². The molecule has 3 nitrogen and oxygen atoms in total. The number of alkyl halides is 3. The maximum absolute atomic E-state index is 12.3. The van der Waals surface area contributed by atoms with Crippen LogP contribution in [0.4, 0.5) is 13.2 Å². The summed E-state index contributed by atoms with van der Waals surface area (Å²) < 4.78 is 37.0. The zero-order chi connectivity index (χ0) is 12.9. The smallest absolute Gasteiger partial charge is 0.332 e. The summed E-state index contributed by atoms with van der Waals surface area (Å²) in [6, 6.07) is -0.470. The molecule has 1 fully saturated rings. The van der Waals surface area contributed by atoms with Crippen molar-refractivity contribution in [2.45, 2.75) is 25.6 Å². The Balaban J connectivity index is 2.58. The van der Waals surface area contributed by atoms with Gasteiger partial charge in [0.25, 0.3) is 0 Å². The van der Waals surface area contributed by atoms with Gasteiger partial charge in [-0.15, -0.1) is 0 Å². The lowest BCUT2D eigenvalue weighted by Crippen LogP contribution is -2.52. The number of halogens is 3. The third-order valence-electron chi connectivity index (χ3n) is 2.40. The molecule has 0 aromatic heterocycles. The van der Waals surface area contributed by atoms with Gasteiger partial charge < -0.3 is 10.2 Å². The van der Waals surface area contributed by atoms with E-state index in [1.807, 2.05) is 0 Å². The van der Waals surface area contributed by atoms with Gasteiger partial charge in [0.2, 0.25) is 5.91 Å². The minimum atomic E-state index is -4.33. The van der Waals surface area contributed by atoms with Gasteiger partial charge in [0.1, 0.15) is 6.54 Å². The summed E-state index contributed by atoms with van der Waals surface area (Å²) in [5, 5.41) is 2.96. The van der Waals surface area contributed by atoms with Crippen LogP contribution in [0, 0.1) is 0 Å². The number of carbonyl (C=O) groups excluding carboxylic acids is 1. The van der Waals surface area contributed by atoms with Crippen molar-refractivity contribution in [3.05, 3.63) is 0 Å². The minimum Gasteiger partial charge on any atom is -0.332 e. The Bertz CT molecular complexity index is 254. The highest BCUT2D eigenvalue weighted by atomic mass is 32.2. The lowest BCUT2D eigenvalue weighted by molar-refractivity contribution is -0.162. The van der Waals surface area contributed by atoms with Crippen molar-refractivity contribution in [3.63, 3.8) is 0 Å². The molecule has 1 rings (SSSR count). The fraction of sp³-hybridized carbons (Fsp3) is 0.900. The molecule has 1 saturated heterocycles. The van der Waals surface area contributed by atoms with E-state index in [9.17, 15) is 18.0 Å². The summed E-state index contributed by atoms with van der Waals surface area (Å²) in [6.45, 7) is 1.44. The highest BCUT2D eigenvalue weighted by Crippen LogP contribution is 2.18. The molecule has 1 N–H and O–H groups in total. The topological polar surface area (TPSA) is 32.3 Å². The molecule has 17 heavy (non-hydrogen) atoms. The molecule has 0 bridgehead atoms. The first kappa shape index (κ1) is 14.6. The predicted octanol–water partition coefficient (Wildman–Crippen LogP) is 1.49. The molecule has 0 radical (unpaired) electrons. The van der Waals surface area contributed by atoms with E-state index in [0.717, 1.165) is 10.7 Å². The zero-order valence-corrected chi connectivity index (χ0v) is 10.5. The van der Waals surface area contributed by atoms with E-state index in [0.29, 0.717) is 18.7 Å². The molecule has 1 amide bonds. The predicted molar refractivity (Wildman–Crippen MR) is 62.0 cm³/mol. The Morgan fingerprint density at radius 1 is 1.53 bits per heavy atom. The van der Waals surface area contributed by atoms with E-state index in [-0.39, 0.29) is 6.54 Å². The van der Waals surface area contributed by atoms with Gasteiger partial charge in [0.15, 0.2) is 0 Å². The molecule has 100 valence electrons. The summed E-state index contributed by atoms with van der Waals surface area (Å²) >= 11 is 1.59. The van der Waals surface area contributed by atoms with Gasteiger partial charge in [-0.2, -0.15) is 24.9 Å². The Morgan fingerprint density at radius 3 is 2.71 bits per heavy atom. The molecule has 0 aromatic carbocycles. The lowest BCUT2D eigenvalue weighted by Gasteiger charge is -2.30. The van der Waals surface area contributed by atoms with Gasteiger partial charge in [-0.25, -0.2) is 0 Å². The highest BCUT2D eigenvalue weighted by Gasteiger charge is 2.35. The monoisotopic (exact) mass is 270 g/mol. The van der Waals surface area contributed by atoms with Crippen LogP contribution in [-0.2, 0) is 4.79 Å². The molecular formula is C10H17F3N2OS. The zero-order valence-electron chi connectivity index (χ0n) is 9.72. The third kappa shape index (κ3) is 5.16. The Kier molecular flexibility index (Phi) is 5.58. The summed E-state index contributed by atoms with van der Waals surface area (Å²) in [5.74, 6) is 1.02. The summed E-state index contributed by atoms with van der Waals surface area (Å²) in [7, 11) is 0. The standard InChI is InChI=1S/C10H17F3N2OS/c1-2-4-15(7-10(11,12)13)9(16)8-6-17-5-3-14-8/h8,14H,2-7H2,1H3. The van der Waals surface area contributed by atoms with Crippen LogP contribution in [0.1, 0.15) is 13.3 Å². The molecule has 1 aliphatic heterocycles. The quantitative estimate of drug-likeness (QED) is 0.840. The van der Waals surface area contributed by atoms with E-state index < -0.39 is 24.7 Å². The third-order valence-corrected chi connectivity index (χ3v) is 3.46. The number of amides is 1. The van der Waals surface area contributed by atoms with E-state index in [1.165, 1.54) is 0 Å². The average Bonchev–Trinajstić information content (AvgIpc) is 2.27. The van der Waals surface area contributed by atoms with Crippen LogP contribution < -0.4 is 5.32 Å². The van der Waals surface area contributed by atoms with Crippen molar-refractivity contribution in [2.24, 2.45) is 0 Å². The second-order valence-corrected chi connectivity index (χ2v) is 5.11. The van der Waals surface area contributed by atoms with Gasteiger partial charge in [-0.3, -0.25) is 4.79 Å². The van der Waals surface area contributed by atoms with Crippen molar-refractivity contribution < 1.29 is 18.0 Å². The molecule has 1 heterocycles. The van der Waals surface area contributed by atoms with Crippen molar-refractivity contribution >= 4 is 17.7 Å². The Hall–Kier alpha value is -0.430. The Labute approximate surface area is 103 Å². The fourth-order valence-corrected chi connectivity index (χ4v) is 2.62. The first-order valence-corrected chi connectivity index (χ1v) is 6.76. The summed E-state index contributed by atoms with van der Waals surface area (Å²) in [5.41, 5.74) is 0. The van der Waals surface area contributed by atoms with Crippen LogP contribution in [0.3, 0.4) is 0 Å². The number of carbonyl (C=O) groups is 1. The van der Waals surface area contributed by atoms with Gasteiger partial charge in [0.05, 0.1) is 6.04 Å². The summed E-state index contributed by atoms with van der Waals surface area (Å²) in [6.07, 6.45) is -3.80. The van der Waals surface area contributed by atoms with Gasteiger partial charge in [0, 0.05) is 24.6 Å². The van der Waals surface area contributed by atoms with Crippen LogP contribution >= 0.6 is 11.8 Å². The molecular weight excluding hydrogens is 253 g/mol. The van der Waals surface area contributed by atoms with E-state index in [4.69, 9.17) is 0 Å². The second kappa shape index (κ2) is 6.49. The highest BCUT2D eigenvalue weighted by molar-refractivity contribution is 7.99. The molecule has 1 unspecified atom stereocenters. The minimum absolute atomic E-state index is 0.154. The maximum atomic E-state index is 12.3. The summed E-state index contributed by atoms with van der Waals surface area (Å²) in [4.78, 5) is 12.8. The first-order valence-electron chi connectivity index (χ1n) is 5.60. The van der Waals surface area contributed by atoms with Crippen molar-refractivity contribution in [3.8, 4) is 0 Å². The van der Waals surface area contributed by atoms with Crippen LogP contribution in [-0.4, -0.2) is 54.2 Å². The van der Waals surface area contributed by atoms with Gasteiger partial charge >= 0.3 is 6.18 Å². The molecule has 0 spiro atoms. The Morgan fingerprint density at radius 2 is 2.24 bits per heavy atom. The first-order chi connectivity index (χ1) is 7.94. The number of hydrogen-bond acceptors (Lipinski definition) is 3. The van der Waals surface area contributed by atoms with Crippen molar-refractivity contribution in [1.82, 2.24) is 10.2 Å². The van der Waals surface area contributed by atoms with Gasteiger partial charge in [-0.05, 0) is 6.42 Å². The molecule has 0 aliphatic carbocycles. The van der Waals surface area contributed by atoms with E-state index in [1.54, 1.807) is 18.7 Å². The molecule has 1 atom stereocenters. The molecule has 0 aromatic rings. The maximum Gasteiger partial charge on any atom is 0.406 e. The largest absolute Gasteiger partial charge is 0.406 e. The second-order valence-electron chi connectivity index (χ2n) is 3.96.